The van der Waals surface area contributed by atoms with Gasteiger partial charge in [0.25, 0.3) is 0 Å². The standard InChI is InChI=1S/C26H32ClN5O5/c1-25(2)13-31(11-20(33)32-10-18(32)22-24(35-4)37-22)19(12-36-25)23(34)30-16-8-26(3,27)7-15-14-5-6-28-9-17(14)29-21(15)16/h5-6,8-9,18-19,22,24,29H,7,10-13H2,1-4H3,(H,30,34)/t18?,19-,22?,24?,26?,32?/m0/s1. The fourth-order valence-electron chi connectivity index (χ4n) is 5.62. The van der Waals surface area contributed by atoms with Crippen LogP contribution in [0.1, 0.15) is 32.0 Å². The van der Waals surface area contributed by atoms with Crippen molar-refractivity contribution in [3.8, 4) is 0 Å². The Kier molecular flexibility index (Phi) is 5.89. The molecule has 0 radical (unpaired) electrons. The number of nitrogens with zero attached hydrogens (tertiary/aromatic N) is 3. The van der Waals surface area contributed by atoms with E-state index in [0.717, 1.165) is 22.2 Å². The lowest BCUT2D eigenvalue weighted by Crippen LogP contribution is -2.60. The Labute approximate surface area is 220 Å². The number of rotatable bonds is 6. The molecule has 10 nitrogen and oxygen atoms in total. The molecule has 4 unspecified atom stereocenters. The van der Waals surface area contributed by atoms with Gasteiger partial charge in [0.05, 0.1) is 52.8 Å². The molecule has 6 rings (SSSR count). The zero-order valence-corrected chi connectivity index (χ0v) is 22.2. The zero-order valence-electron chi connectivity index (χ0n) is 21.4. The topological polar surface area (TPSA) is 112 Å². The van der Waals surface area contributed by atoms with Crippen molar-refractivity contribution in [3.63, 3.8) is 0 Å². The highest BCUT2D eigenvalue weighted by atomic mass is 35.5. The minimum atomic E-state index is -0.659. The van der Waals surface area contributed by atoms with Gasteiger partial charge in [-0.3, -0.25) is 19.5 Å². The van der Waals surface area contributed by atoms with E-state index in [1.165, 1.54) is 0 Å². The molecule has 5 atom stereocenters. The summed E-state index contributed by atoms with van der Waals surface area (Å²) in [6.45, 7) is 7.27. The molecular formula is C26H32ClN5O5. The molecule has 4 aliphatic rings. The number of amides is 2. The van der Waals surface area contributed by atoms with E-state index in [2.05, 4.69) is 15.3 Å². The van der Waals surface area contributed by atoms with Crippen molar-refractivity contribution in [2.24, 2.45) is 0 Å². The maximum atomic E-state index is 13.7. The number of morpholine rings is 1. The van der Waals surface area contributed by atoms with Crippen LogP contribution in [0.3, 0.4) is 0 Å². The molecule has 2 aromatic heterocycles. The van der Waals surface area contributed by atoms with E-state index in [1.54, 1.807) is 24.4 Å². The summed E-state index contributed by atoms with van der Waals surface area (Å²) in [5, 5.41) is 4.13. The number of alkyl halides is 1. The van der Waals surface area contributed by atoms with Crippen LogP contribution in [0.15, 0.2) is 24.5 Å². The Balaban J connectivity index is 1.20. The number of fused-ring (bicyclic) bond motifs is 3. The molecule has 198 valence electrons. The van der Waals surface area contributed by atoms with Crippen LogP contribution < -0.4 is 5.32 Å². The number of hydrogen-bond donors (Lipinski definition) is 2. The molecule has 0 saturated carbocycles. The molecule has 2 N–H and O–H groups in total. The van der Waals surface area contributed by atoms with Crippen molar-refractivity contribution in [2.75, 3.05) is 33.4 Å². The third-order valence-corrected chi connectivity index (χ3v) is 7.81. The van der Waals surface area contributed by atoms with Gasteiger partial charge in [-0.2, -0.15) is 0 Å². The molecule has 0 bridgehead atoms. The summed E-state index contributed by atoms with van der Waals surface area (Å²) in [4.78, 5) is 37.4. The summed E-state index contributed by atoms with van der Waals surface area (Å²) in [6, 6.07) is 1.37. The molecular weight excluding hydrogens is 498 g/mol. The number of carbonyl (C=O) groups is 2. The maximum absolute atomic E-state index is 13.7. The first-order valence-electron chi connectivity index (χ1n) is 12.6. The van der Waals surface area contributed by atoms with Crippen molar-refractivity contribution >= 4 is 40.0 Å². The summed E-state index contributed by atoms with van der Waals surface area (Å²) in [7, 11) is 1.60. The smallest absolute Gasteiger partial charge is 0.244 e. The molecule has 3 fully saturated rings. The molecule has 1 aliphatic carbocycles. The average Bonchev–Trinajstić information content (AvgIpc) is 3.73. The van der Waals surface area contributed by atoms with Gasteiger partial charge in [0.15, 0.2) is 6.29 Å². The molecule has 0 aromatic carbocycles. The first-order valence-corrected chi connectivity index (χ1v) is 13.0. The number of epoxide rings is 1. The predicted molar refractivity (Wildman–Crippen MR) is 137 cm³/mol. The number of H-pyrrole nitrogens is 1. The molecule has 2 amide bonds. The Morgan fingerprint density at radius 2 is 2.16 bits per heavy atom. The Hall–Kier alpha value is -2.50. The second kappa shape index (κ2) is 8.78. The molecule has 5 heterocycles. The number of pyridine rings is 1. The maximum Gasteiger partial charge on any atom is 0.244 e. The summed E-state index contributed by atoms with van der Waals surface area (Å²) in [5.41, 5.74) is 2.91. The minimum absolute atomic E-state index is 0.0264. The van der Waals surface area contributed by atoms with Gasteiger partial charge >= 0.3 is 0 Å². The average molecular weight is 530 g/mol. The lowest BCUT2D eigenvalue weighted by molar-refractivity contribution is -0.150. The number of carbonyl (C=O) groups excluding carboxylic acids is 2. The van der Waals surface area contributed by atoms with Crippen LogP contribution in [0.4, 0.5) is 0 Å². The first-order chi connectivity index (χ1) is 17.5. The third-order valence-electron chi connectivity index (χ3n) is 7.57. The van der Waals surface area contributed by atoms with E-state index >= 15 is 0 Å². The Morgan fingerprint density at radius 1 is 1.35 bits per heavy atom. The van der Waals surface area contributed by atoms with Gasteiger partial charge in [0.1, 0.15) is 12.1 Å². The van der Waals surface area contributed by atoms with Crippen molar-refractivity contribution in [3.05, 3.63) is 35.8 Å². The molecule has 3 saturated heterocycles. The number of hydrogen-bond acceptors (Lipinski definition) is 7. The fraction of sp³-hybridized carbons (Fsp3) is 0.577. The Morgan fingerprint density at radius 3 is 2.92 bits per heavy atom. The van der Waals surface area contributed by atoms with Gasteiger partial charge < -0.3 is 29.4 Å². The van der Waals surface area contributed by atoms with Crippen LogP contribution in [0.2, 0.25) is 0 Å². The van der Waals surface area contributed by atoms with Crippen molar-refractivity contribution in [2.45, 2.75) is 62.1 Å². The SMILES string of the molecule is COC1OC1C1CN1C(=O)CN1CC(C)(C)OC[C@H]1C(=O)NC1=CC(C)(Cl)Cc2c1[nH]c1cnccc21. The molecule has 3 aliphatic heterocycles. The van der Waals surface area contributed by atoms with Gasteiger partial charge in [0.2, 0.25) is 11.8 Å². The number of ether oxygens (including phenoxy) is 3. The van der Waals surface area contributed by atoms with Gasteiger partial charge in [0, 0.05) is 31.8 Å². The van der Waals surface area contributed by atoms with E-state index < -0.39 is 16.5 Å². The van der Waals surface area contributed by atoms with Gasteiger partial charge in [-0.05, 0) is 44.9 Å². The second-order valence-electron chi connectivity index (χ2n) is 11.2. The molecule has 2 aromatic rings. The number of methoxy groups -OCH3 is 1. The van der Waals surface area contributed by atoms with Crippen LogP contribution in [0.5, 0.6) is 0 Å². The van der Waals surface area contributed by atoms with Crippen molar-refractivity contribution in [1.29, 1.82) is 0 Å². The van der Waals surface area contributed by atoms with Crippen LogP contribution in [0, 0.1) is 0 Å². The van der Waals surface area contributed by atoms with Gasteiger partial charge in [-0.1, -0.05) is 0 Å². The van der Waals surface area contributed by atoms with E-state index in [0.29, 0.717) is 25.2 Å². The first kappa shape index (κ1) is 24.8. The van der Waals surface area contributed by atoms with Gasteiger partial charge in [-0.25, -0.2) is 0 Å². The third kappa shape index (κ3) is 4.77. The van der Waals surface area contributed by atoms with E-state index in [1.807, 2.05) is 37.8 Å². The minimum Gasteiger partial charge on any atom is -0.372 e. The summed E-state index contributed by atoms with van der Waals surface area (Å²) < 4.78 is 16.7. The molecule has 11 heteroatoms. The second-order valence-corrected chi connectivity index (χ2v) is 12.1. The van der Waals surface area contributed by atoms with Crippen LogP contribution in [-0.4, -0.2) is 99.9 Å². The number of halogens is 1. The number of aromatic amines is 1. The number of allylic oxidation sites excluding steroid dienone is 1. The van der Waals surface area contributed by atoms with Crippen LogP contribution >= 0.6 is 11.6 Å². The number of nitrogens with one attached hydrogen (secondary N) is 2. The van der Waals surface area contributed by atoms with Crippen molar-refractivity contribution in [1.82, 2.24) is 25.1 Å². The van der Waals surface area contributed by atoms with Crippen LogP contribution in [0.25, 0.3) is 16.6 Å². The van der Waals surface area contributed by atoms with E-state index in [4.69, 9.17) is 25.8 Å². The highest BCUT2D eigenvalue weighted by molar-refractivity contribution is 6.26. The highest BCUT2D eigenvalue weighted by Crippen LogP contribution is 2.39. The molecule has 37 heavy (non-hydrogen) atoms. The largest absolute Gasteiger partial charge is 0.372 e. The zero-order chi connectivity index (χ0) is 26.1. The van der Waals surface area contributed by atoms with E-state index in [-0.39, 0.29) is 43.4 Å². The highest BCUT2D eigenvalue weighted by Gasteiger charge is 2.57. The van der Waals surface area contributed by atoms with E-state index in [9.17, 15) is 9.59 Å². The summed E-state index contributed by atoms with van der Waals surface area (Å²) in [5.74, 6) is -0.263. The Bertz CT molecular complexity index is 1290. The normalized spacial score (nSPS) is 32.6. The quantitative estimate of drug-likeness (QED) is 0.432. The summed E-state index contributed by atoms with van der Waals surface area (Å²) >= 11 is 6.80. The fourth-order valence-corrected chi connectivity index (χ4v) is 5.86. The monoisotopic (exact) mass is 529 g/mol. The predicted octanol–water partition coefficient (Wildman–Crippen LogP) is 1.64. The lowest BCUT2D eigenvalue weighted by atomic mass is 9.90. The van der Waals surface area contributed by atoms with Crippen molar-refractivity contribution < 1.29 is 23.8 Å². The molecule has 0 spiro atoms. The number of aromatic nitrogens is 2. The van der Waals surface area contributed by atoms with Crippen LogP contribution in [-0.2, 0) is 30.2 Å². The summed E-state index contributed by atoms with van der Waals surface area (Å²) in [6.07, 6.45) is 5.73. The van der Waals surface area contributed by atoms with Gasteiger partial charge in [-0.15, -0.1) is 11.6 Å². The lowest BCUT2D eigenvalue weighted by Gasteiger charge is -2.42.